The van der Waals surface area contributed by atoms with Crippen molar-refractivity contribution in [3.63, 3.8) is 0 Å². The molecule has 19 heavy (non-hydrogen) atoms. The molecule has 0 aliphatic carbocycles. The first kappa shape index (κ1) is 15.1. The number of anilines is 1. The molecule has 0 saturated heterocycles. The van der Waals surface area contributed by atoms with Crippen molar-refractivity contribution < 1.29 is 9.66 Å². The van der Waals surface area contributed by atoms with Crippen LogP contribution in [-0.4, -0.2) is 28.0 Å². The molecule has 1 aromatic rings. The van der Waals surface area contributed by atoms with Crippen molar-refractivity contribution >= 4 is 11.5 Å². The van der Waals surface area contributed by atoms with Gasteiger partial charge in [-0.2, -0.15) is 4.98 Å². The number of ether oxygens (including phenoxy) is 1. The van der Waals surface area contributed by atoms with Crippen LogP contribution in [0.1, 0.15) is 33.6 Å². The van der Waals surface area contributed by atoms with Gasteiger partial charge in [-0.25, -0.2) is 4.98 Å². The number of nitrogens with one attached hydrogen (secondary N) is 1. The Bertz CT molecular complexity index is 423. The molecule has 0 aliphatic heterocycles. The van der Waals surface area contributed by atoms with Crippen LogP contribution < -0.4 is 10.1 Å². The van der Waals surface area contributed by atoms with Crippen molar-refractivity contribution in [2.45, 2.75) is 33.6 Å². The third kappa shape index (κ3) is 4.69. The smallest absolute Gasteiger partial charge is 0.372 e. The molecular weight excluding hydrogens is 248 g/mol. The SMILES string of the molecule is CCCNc1ncnc(OCCC(C)C)c1[N+](=O)[O-]. The van der Waals surface area contributed by atoms with Crippen molar-refractivity contribution in [1.82, 2.24) is 9.97 Å². The summed E-state index contributed by atoms with van der Waals surface area (Å²) in [6.07, 6.45) is 2.94. The van der Waals surface area contributed by atoms with Crippen LogP contribution in [0.4, 0.5) is 11.5 Å². The van der Waals surface area contributed by atoms with E-state index in [-0.39, 0.29) is 17.4 Å². The normalized spacial score (nSPS) is 10.5. The van der Waals surface area contributed by atoms with E-state index in [9.17, 15) is 10.1 Å². The largest absolute Gasteiger partial charge is 0.473 e. The summed E-state index contributed by atoms with van der Waals surface area (Å²) in [4.78, 5) is 18.3. The fraction of sp³-hybridized carbons (Fsp3) is 0.667. The van der Waals surface area contributed by atoms with Gasteiger partial charge in [0, 0.05) is 6.54 Å². The third-order valence-electron chi connectivity index (χ3n) is 2.45. The third-order valence-corrected chi connectivity index (χ3v) is 2.45. The standard InChI is InChI=1S/C12H20N4O3/c1-4-6-13-11-10(16(17)18)12(15-8-14-11)19-7-5-9(2)3/h8-9H,4-7H2,1-3H3,(H,13,14,15). The Kier molecular flexibility index (Phi) is 5.98. The molecule has 106 valence electrons. The van der Waals surface area contributed by atoms with E-state index in [0.717, 1.165) is 12.8 Å². The van der Waals surface area contributed by atoms with Gasteiger partial charge < -0.3 is 10.1 Å². The summed E-state index contributed by atoms with van der Waals surface area (Å²) >= 11 is 0. The average molecular weight is 268 g/mol. The monoisotopic (exact) mass is 268 g/mol. The maximum atomic E-state index is 11.1. The van der Waals surface area contributed by atoms with E-state index in [1.165, 1.54) is 6.33 Å². The molecule has 1 N–H and O–H groups in total. The van der Waals surface area contributed by atoms with E-state index in [1.807, 2.05) is 6.92 Å². The topological polar surface area (TPSA) is 90.2 Å². The Balaban J connectivity index is 2.86. The van der Waals surface area contributed by atoms with Gasteiger partial charge in [-0.15, -0.1) is 0 Å². The zero-order valence-corrected chi connectivity index (χ0v) is 11.5. The minimum absolute atomic E-state index is 0.0271. The van der Waals surface area contributed by atoms with Gasteiger partial charge in [0.15, 0.2) is 0 Å². The lowest BCUT2D eigenvalue weighted by molar-refractivity contribution is -0.385. The van der Waals surface area contributed by atoms with Gasteiger partial charge in [0.1, 0.15) is 6.33 Å². The summed E-state index contributed by atoms with van der Waals surface area (Å²) in [7, 11) is 0. The van der Waals surface area contributed by atoms with Gasteiger partial charge in [-0.1, -0.05) is 20.8 Å². The van der Waals surface area contributed by atoms with Crippen LogP contribution in [0.15, 0.2) is 6.33 Å². The van der Waals surface area contributed by atoms with E-state index >= 15 is 0 Å². The van der Waals surface area contributed by atoms with Crippen molar-refractivity contribution in [2.75, 3.05) is 18.5 Å². The zero-order chi connectivity index (χ0) is 14.3. The summed E-state index contributed by atoms with van der Waals surface area (Å²) in [6.45, 7) is 7.12. The second kappa shape index (κ2) is 7.50. The summed E-state index contributed by atoms with van der Waals surface area (Å²) in [6, 6.07) is 0. The number of nitrogens with zero attached hydrogens (tertiary/aromatic N) is 3. The highest BCUT2D eigenvalue weighted by Gasteiger charge is 2.24. The van der Waals surface area contributed by atoms with Crippen LogP contribution in [0, 0.1) is 16.0 Å². The van der Waals surface area contributed by atoms with E-state index < -0.39 is 4.92 Å². The first-order valence-corrected chi connectivity index (χ1v) is 6.42. The van der Waals surface area contributed by atoms with Crippen molar-refractivity contribution in [3.05, 3.63) is 16.4 Å². The predicted octanol–water partition coefficient (Wildman–Crippen LogP) is 2.63. The molecule has 7 heteroatoms. The quantitative estimate of drug-likeness (QED) is 0.575. The van der Waals surface area contributed by atoms with Crippen LogP contribution >= 0.6 is 0 Å². The predicted molar refractivity (Wildman–Crippen MR) is 72.4 cm³/mol. The highest BCUT2D eigenvalue weighted by Crippen LogP contribution is 2.30. The highest BCUT2D eigenvalue weighted by molar-refractivity contribution is 5.60. The summed E-state index contributed by atoms with van der Waals surface area (Å²) < 4.78 is 5.40. The van der Waals surface area contributed by atoms with Crippen LogP contribution in [-0.2, 0) is 0 Å². The fourth-order valence-electron chi connectivity index (χ4n) is 1.40. The average Bonchev–Trinajstić information content (AvgIpc) is 2.35. The maximum Gasteiger partial charge on any atom is 0.372 e. The molecule has 0 amide bonds. The minimum Gasteiger partial charge on any atom is -0.473 e. The molecule has 0 radical (unpaired) electrons. The molecule has 0 unspecified atom stereocenters. The van der Waals surface area contributed by atoms with Crippen LogP contribution in [0.25, 0.3) is 0 Å². The molecular formula is C12H20N4O3. The molecule has 0 fully saturated rings. The van der Waals surface area contributed by atoms with Gasteiger partial charge in [-0.05, 0) is 18.8 Å². The van der Waals surface area contributed by atoms with Crippen LogP contribution in [0.2, 0.25) is 0 Å². The number of rotatable bonds is 8. The molecule has 1 rings (SSSR count). The van der Waals surface area contributed by atoms with Crippen molar-refractivity contribution in [1.29, 1.82) is 0 Å². The first-order valence-electron chi connectivity index (χ1n) is 6.42. The van der Waals surface area contributed by atoms with Gasteiger partial charge in [0.25, 0.3) is 5.88 Å². The molecule has 0 atom stereocenters. The molecule has 0 spiro atoms. The van der Waals surface area contributed by atoms with E-state index in [2.05, 4.69) is 29.1 Å². The molecule has 0 saturated carbocycles. The molecule has 1 aromatic heterocycles. The molecule has 0 aromatic carbocycles. The zero-order valence-electron chi connectivity index (χ0n) is 11.5. The lowest BCUT2D eigenvalue weighted by Gasteiger charge is -2.09. The van der Waals surface area contributed by atoms with Gasteiger partial charge in [0.2, 0.25) is 5.82 Å². The number of hydrogen-bond donors (Lipinski definition) is 1. The first-order chi connectivity index (χ1) is 9.06. The molecule has 7 nitrogen and oxygen atoms in total. The molecule has 1 heterocycles. The second-order valence-electron chi connectivity index (χ2n) is 4.59. The van der Waals surface area contributed by atoms with Crippen LogP contribution in [0.3, 0.4) is 0 Å². The Hall–Kier alpha value is -1.92. The van der Waals surface area contributed by atoms with Gasteiger partial charge in [-0.3, -0.25) is 10.1 Å². The number of aromatic nitrogens is 2. The fourth-order valence-corrected chi connectivity index (χ4v) is 1.40. The maximum absolute atomic E-state index is 11.1. The minimum atomic E-state index is -0.511. The Morgan fingerprint density at radius 3 is 2.79 bits per heavy atom. The van der Waals surface area contributed by atoms with E-state index in [1.54, 1.807) is 0 Å². The Morgan fingerprint density at radius 1 is 1.47 bits per heavy atom. The molecule has 0 aliphatic rings. The Labute approximate surface area is 112 Å². The number of hydrogen-bond acceptors (Lipinski definition) is 6. The van der Waals surface area contributed by atoms with E-state index in [0.29, 0.717) is 19.1 Å². The highest BCUT2D eigenvalue weighted by atomic mass is 16.6. The number of nitro groups is 1. The molecule has 0 bridgehead atoms. The lowest BCUT2D eigenvalue weighted by atomic mass is 10.1. The summed E-state index contributed by atoms with van der Waals surface area (Å²) in [5, 5.41) is 14.0. The van der Waals surface area contributed by atoms with Crippen molar-refractivity contribution in [2.24, 2.45) is 5.92 Å². The second-order valence-corrected chi connectivity index (χ2v) is 4.59. The summed E-state index contributed by atoms with van der Waals surface area (Å²) in [5.74, 6) is 0.708. The van der Waals surface area contributed by atoms with Gasteiger partial charge >= 0.3 is 5.69 Å². The lowest BCUT2D eigenvalue weighted by Crippen LogP contribution is -2.10. The van der Waals surface area contributed by atoms with E-state index in [4.69, 9.17) is 4.74 Å². The Morgan fingerprint density at radius 2 is 2.21 bits per heavy atom. The van der Waals surface area contributed by atoms with Gasteiger partial charge in [0.05, 0.1) is 11.5 Å². The van der Waals surface area contributed by atoms with Crippen molar-refractivity contribution in [3.8, 4) is 5.88 Å². The summed E-state index contributed by atoms with van der Waals surface area (Å²) in [5.41, 5.74) is -0.195. The van der Waals surface area contributed by atoms with Crippen LogP contribution in [0.5, 0.6) is 5.88 Å².